The Kier molecular flexibility index (Phi) is 2.97. The lowest BCUT2D eigenvalue weighted by Gasteiger charge is -2.22. The molecule has 5 nitrogen and oxygen atoms in total. The number of fused-ring (bicyclic) bond motifs is 1. The number of aromatic nitrogens is 2. The average molecular weight is 272 g/mol. The molecule has 0 radical (unpaired) electrons. The summed E-state index contributed by atoms with van der Waals surface area (Å²) in [5.41, 5.74) is 1.67. The van der Waals surface area contributed by atoms with Crippen LogP contribution in [0.2, 0.25) is 0 Å². The minimum absolute atomic E-state index is 0.135. The van der Waals surface area contributed by atoms with E-state index in [0.717, 1.165) is 30.6 Å². The minimum atomic E-state index is -0.992. The molecular formula is C15H16N2O3. The van der Waals surface area contributed by atoms with Gasteiger partial charge in [0.2, 0.25) is 0 Å². The number of carboxylic acids is 1. The third-order valence-corrected chi connectivity index (χ3v) is 3.80. The molecule has 2 aromatic rings. The van der Waals surface area contributed by atoms with Gasteiger partial charge in [0, 0.05) is 12.1 Å². The highest BCUT2D eigenvalue weighted by atomic mass is 16.4. The molecule has 2 heterocycles. The highest BCUT2D eigenvalue weighted by Crippen LogP contribution is 2.34. The predicted molar refractivity (Wildman–Crippen MR) is 73.9 cm³/mol. The molecule has 1 aromatic carbocycles. The Hall–Kier alpha value is -2.30. The largest absolute Gasteiger partial charge is 0.508 e. The molecule has 0 saturated heterocycles. The fourth-order valence-electron chi connectivity index (χ4n) is 2.91. The van der Waals surface area contributed by atoms with Crippen LogP contribution >= 0.6 is 0 Å². The SMILES string of the molecule is CC1CCCn2c(-c3cccc(O)c3)nc(C(=O)O)c21. The number of hydrogen-bond acceptors (Lipinski definition) is 3. The normalized spacial score (nSPS) is 17.8. The van der Waals surface area contributed by atoms with Crippen LogP contribution in [-0.4, -0.2) is 25.7 Å². The van der Waals surface area contributed by atoms with Crippen molar-refractivity contribution in [2.24, 2.45) is 0 Å². The number of imidazole rings is 1. The van der Waals surface area contributed by atoms with Crippen LogP contribution in [0.15, 0.2) is 24.3 Å². The molecular weight excluding hydrogens is 256 g/mol. The van der Waals surface area contributed by atoms with E-state index in [-0.39, 0.29) is 17.4 Å². The second-order valence-corrected chi connectivity index (χ2v) is 5.22. The van der Waals surface area contributed by atoms with Gasteiger partial charge in [0.05, 0.1) is 5.69 Å². The van der Waals surface area contributed by atoms with Crippen molar-refractivity contribution < 1.29 is 15.0 Å². The first-order valence-corrected chi connectivity index (χ1v) is 6.71. The Labute approximate surface area is 116 Å². The monoisotopic (exact) mass is 272 g/mol. The van der Waals surface area contributed by atoms with Crippen LogP contribution in [0.25, 0.3) is 11.4 Å². The molecule has 1 aromatic heterocycles. The second kappa shape index (κ2) is 4.67. The van der Waals surface area contributed by atoms with E-state index in [2.05, 4.69) is 4.98 Å². The molecule has 1 aliphatic rings. The third-order valence-electron chi connectivity index (χ3n) is 3.80. The molecule has 5 heteroatoms. The number of aromatic hydroxyl groups is 1. The Morgan fingerprint density at radius 3 is 2.95 bits per heavy atom. The molecule has 0 bridgehead atoms. The minimum Gasteiger partial charge on any atom is -0.508 e. The number of phenols is 1. The van der Waals surface area contributed by atoms with E-state index in [4.69, 9.17) is 0 Å². The van der Waals surface area contributed by atoms with E-state index in [1.165, 1.54) is 0 Å². The van der Waals surface area contributed by atoms with Crippen molar-refractivity contribution in [3.05, 3.63) is 35.7 Å². The quantitative estimate of drug-likeness (QED) is 0.881. The van der Waals surface area contributed by atoms with Crippen LogP contribution in [0.5, 0.6) is 5.75 Å². The van der Waals surface area contributed by atoms with Crippen molar-refractivity contribution in [2.45, 2.75) is 32.2 Å². The first-order valence-electron chi connectivity index (χ1n) is 6.71. The predicted octanol–water partition coefficient (Wildman–Crippen LogP) is 2.85. The van der Waals surface area contributed by atoms with Crippen LogP contribution < -0.4 is 0 Å². The molecule has 0 aliphatic carbocycles. The second-order valence-electron chi connectivity index (χ2n) is 5.22. The Bertz CT molecular complexity index is 676. The lowest BCUT2D eigenvalue weighted by Crippen LogP contribution is -2.16. The van der Waals surface area contributed by atoms with Gasteiger partial charge in [-0.05, 0) is 30.9 Å². The summed E-state index contributed by atoms with van der Waals surface area (Å²) in [4.78, 5) is 15.7. The molecule has 104 valence electrons. The van der Waals surface area contributed by atoms with Gasteiger partial charge in [-0.2, -0.15) is 0 Å². The van der Waals surface area contributed by atoms with Gasteiger partial charge in [-0.3, -0.25) is 0 Å². The number of carbonyl (C=O) groups is 1. The maximum atomic E-state index is 11.4. The lowest BCUT2D eigenvalue weighted by atomic mass is 9.96. The van der Waals surface area contributed by atoms with E-state index >= 15 is 0 Å². The Balaban J connectivity index is 2.22. The van der Waals surface area contributed by atoms with Crippen molar-refractivity contribution >= 4 is 5.97 Å². The standard InChI is InChI=1S/C15H16N2O3/c1-9-4-3-7-17-13(9)12(15(19)20)16-14(17)10-5-2-6-11(18)8-10/h2,5-6,8-9,18H,3-4,7H2,1H3,(H,19,20). The van der Waals surface area contributed by atoms with Crippen LogP contribution in [-0.2, 0) is 6.54 Å². The molecule has 1 atom stereocenters. The fraction of sp³-hybridized carbons (Fsp3) is 0.333. The molecule has 2 N–H and O–H groups in total. The molecule has 0 saturated carbocycles. The van der Waals surface area contributed by atoms with E-state index in [9.17, 15) is 15.0 Å². The van der Waals surface area contributed by atoms with Gasteiger partial charge in [-0.15, -0.1) is 0 Å². The van der Waals surface area contributed by atoms with Crippen molar-refractivity contribution in [3.8, 4) is 17.1 Å². The summed E-state index contributed by atoms with van der Waals surface area (Å²) >= 11 is 0. The van der Waals surface area contributed by atoms with Gasteiger partial charge >= 0.3 is 5.97 Å². The number of hydrogen-bond donors (Lipinski definition) is 2. The summed E-state index contributed by atoms with van der Waals surface area (Å²) in [7, 11) is 0. The summed E-state index contributed by atoms with van der Waals surface area (Å²) < 4.78 is 1.98. The van der Waals surface area contributed by atoms with E-state index in [0.29, 0.717) is 5.82 Å². The van der Waals surface area contributed by atoms with Gasteiger partial charge < -0.3 is 14.8 Å². The van der Waals surface area contributed by atoms with Gasteiger partial charge in [0.25, 0.3) is 0 Å². The zero-order valence-corrected chi connectivity index (χ0v) is 11.2. The molecule has 1 unspecified atom stereocenters. The fourth-order valence-corrected chi connectivity index (χ4v) is 2.91. The van der Waals surface area contributed by atoms with Crippen LogP contribution in [0.1, 0.15) is 41.9 Å². The van der Waals surface area contributed by atoms with Crippen molar-refractivity contribution in [1.29, 1.82) is 0 Å². The number of benzene rings is 1. The maximum absolute atomic E-state index is 11.4. The highest BCUT2D eigenvalue weighted by Gasteiger charge is 2.28. The van der Waals surface area contributed by atoms with Gasteiger partial charge in [0.1, 0.15) is 11.6 Å². The Morgan fingerprint density at radius 2 is 2.25 bits per heavy atom. The topological polar surface area (TPSA) is 75.3 Å². The van der Waals surface area contributed by atoms with Crippen molar-refractivity contribution in [1.82, 2.24) is 9.55 Å². The molecule has 1 aliphatic heterocycles. The lowest BCUT2D eigenvalue weighted by molar-refractivity contribution is 0.0688. The summed E-state index contributed by atoms with van der Waals surface area (Å²) in [6, 6.07) is 6.77. The van der Waals surface area contributed by atoms with Gasteiger partial charge in [-0.25, -0.2) is 9.78 Å². The first-order chi connectivity index (χ1) is 9.58. The summed E-state index contributed by atoms with van der Waals surface area (Å²) in [6.07, 6.45) is 1.99. The van der Waals surface area contributed by atoms with E-state index in [1.807, 2.05) is 17.6 Å². The number of rotatable bonds is 2. The van der Waals surface area contributed by atoms with Crippen molar-refractivity contribution in [3.63, 3.8) is 0 Å². The van der Waals surface area contributed by atoms with E-state index in [1.54, 1.807) is 18.2 Å². The van der Waals surface area contributed by atoms with Crippen LogP contribution in [0.4, 0.5) is 0 Å². The summed E-state index contributed by atoms with van der Waals surface area (Å²) in [5, 5.41) is 18.9. The zero-order chi connectivity index (χ0) is 14.3. The van der Waals surface area contributed by atoms with Crippen LogP contribution in [0, 0.1) is 0 Å². The van der Waals surface area contributed by atoms with Crippen molar-refractivity contribution in [2.75, 3.05) is 0 Å². The summed E-state index contributed by atoms with van der Waals surface area (Å²) in [6.45, 7) is 2.80. The zero-order valence-electron chi connectivity index (χ0n) is 11.2. The van der Waals surface area contributed by atoms with Gasteiger partial charge in [0.15, 0.2) is 5.69 Å². The van der Waals surface area contributed by atoms with Gasteiger partial charge in [-0.1, -0.05) is 19.1 Å². The maximum Gasteiger partial charge on any atom is 0.356 e. The number of carboxylic acid groups (broad SMARTS) is 1. The molecule has 20 heavy (non-hydrogen) atoms. The molecule has 0 fully saturated rings. The number of phenolic OH excluding ortho intramolecular Hbond substituents is 1. The molecule has 3 rings (SSSR count). The summed E-state index contributed by atoms with van der Waals surface area (Å²) in [5.74, 6) is -0.0252. The van der Waals surface area contributed by atoms with Crippen LogP contribution in [0.3, 0.4) is 0 Å². The molecule has 0 amide bonds. The first kappa shape index (κ1) is 12.7. The van der Waals surface area contributed by atoms with E-state index < -0.39 is 5.97 Å². The number of nitrogens with zero attached hydrogens (tertiary/aromatic N) is 2. The molecule has 0 spiro atoms. The average Bonchev–Trinajstić information content (AvgIpc) is 2.80. The highest BCUT2D eigenvalue weighted by molar-refractivity contribution is 5.88. The smallest absolute Gasteiger partial charge is 0.356 e. The Morgan fingerprint density at radius 1 is 1.45 bits per heavy atom. The number of aromatic carboxylic acids is 1. The third kappa shape index (κ3) is 1.95.